The molecule has 1 aromatic carbocycles. The molecule has 1 aromatic heterocycles. The van der Waals surface area contributed by atoms with Crippen molar-refractivity contribution < 1.29 is 51.7 Å². The number of hydrogen-bond donors (Lipinski definition) is 2. The van der Waals surface area contributed by atoms with E-state index in [1.165, 1.54) is 19.4 Å². The zero-order chi connectivity index (χ0) is 39.2. The van der Waals surface area contributed by atoms with E-state index in [4.69, 9.17) is 23.4 Å². The van der Waals surface area contributed by atoms with Crippen LogP contribution in [0.1, 0.15) is 116 Å². The molecule has 0 radical (unpaired) electrons. The van der Waals surface area contributed by atoms with E-state index in [1.807, 2.05) is 0 Å². The number of carbonyl (C=O) groups is 5. The van der Waals surface area contributed by atoms with Crippen LogP contribution in [0.15, 0.2) is 28.7 Å². The van der Waals surface area contributed by atoms with Crippen LogP contribution >= 0.6 is 0 Å². The maximum Gasteiger partial charge on any atom is 0.511 e. The van der Waals surface area contributed by atoms with E-state index >= 15 is 0 Å². The number of likely N-dealkylation sites (tertiary alicyclic amines) is 1. The van der Waals surface area contributed by atoms with Gasteiger partial charge in [-0.1, -0.05) is 32.1 Å². The first kappa shape index (κ1) is 40.8. The summed E-state index contributed by atoms with van der Waals surface area (Å²) in [5.74, 6) is -1.30. The van der Waals surface area contributed by atoms with Gasteiger partial charge in [0.05, 0.1) is 12.1 Å². The fourth-order valence-corrected chi connectivity index (χ4v) is 8.23. The summed E-state index contributed by atoms with van der Waals surface area (Å²) in [5.41, 5.74) is 0.174. The predicted octanol–water partition coefficient (Wildman–Crippen LogP) is 7.90. The van der Waals surface area contributed by atoms with Crippen molar-refractivity contribution in [1.82, 2.24) is 10.2 Å². The lowest BCUT2D eigenvalue weighted by Crippen LogP contribution is -2.50. The molecule has 2 aromatic rings. The van der Waals surface area contributed by atoms with Gasteiger partial charge in [-0.05, 0) is 109 Å². The van der Waals surface area contributed by atoms with E-state index in [9.17, 15) is 28.4 Å². The van der Waals surface area contributed by atoms with Crippen molar-refractivity contribution in [3.05, 3.63) is 30.0 Å². The summed E-state index contributed by atoms with van der Waals surface area (Å²) in [6.45, 7) is 9.74. The Balaban J connectivity index is 1.24. The normalized spacial score (nSPS) is 23.4. The molecule has 2 saturated carbocycles. The molecule has 2 heterocycles. The molecule has 3 aliphatic rings. The smallest absolute Gasteiger partial charge is 0.449 e. The van der Waals surface area contributed by atoms with Gasteiger partial charge in [-0.2, -0.15) is 0 Å². The second-order valence-electron chi connectivity index (χ2n) is 16.2. The Morgan fingerprint density at radius 2 is 1.61 bits per heavy atom. The van der Waals surface area contributed by atoms with Crippen LogP contribution in [-0.2, 0) is 28.5 Å². The number of ether oxygens (including phenoxy) is 4. The molecule has 54 heavy (non-hydrogen) atoms. The Morgan fingerprint density at radius 1 is 0.907 bits per heavy atom. The Bertz CT molecular complexity index is 1640. The van der Waals surface area contributed by atoms with Crippen molar-refractivity contribution >= 4 is 46.7 Å². The minimum atomic E-state index is -1.22. The van der Waals surface area contributed by atoms with Crippen molar-refractivity contribution in [2.24, 2.45) is 23.7 Å². The minimum absolute atomic E-state index is 0.0283. The summed E-state index contributed by atoms with van der Waals surface area (Å²) in [6.07, 6.45) is 5.20. The van der Waals surface area contributed by atoms with E-state index in [0.717, 1.165) is 32.1 Å². The average molecular weight is 758 g/mol. The minimum Gasteiger partial charge on any atom is -0.449 e. The number of nitrogens with one attached hydrogen (secondary N) is 2. The number of hydrogen-bond acceptors (Lipinski definition) is 10. The summed E-state index contributed by atoms with van der Waals surface area (Å²) >= 11 is 0. The molecular formula is C40H56FN3O10. The molecule has 2 aliphatic carbocycles. The van der Waals surface area contributed by atoms with Crippen LogP contribution < -0.4 is 10.6 Å². The maximum absolute atomic E-state index is 14.2. The number of amides is 3. The number of furan rings is 1. The first-order valence-electron chi connectivity index (χ1n) is 19.4. The van der Waals surface area contributed by atoms with E-state index in [0.29, 0.717) is 54.8 Å². The number of alkyl carbamates (subject to hydrolysis) is 1. The van der Waals surface area contributed by atoms with E-state index in [2.05, 4.69) is 10.6 Å². The van der Waals surface area contributed by atoms with Gasteiger partial charge in [-0.3, -0.25) is 9.59 Å². The summed E-state index contributed by atoms with van der Waals surface area (Å²) in [5, 5.41) is 6.27. The van der Waals surface area contributed by atoms with Gasteiger partial charge in [0.1, 0.15) is 23.9 Å². The highest BCUT2D eigenvalue weighted by molar-refractivity contribution is 6.00. The van der Waals surface area contributed by atoms with Gasteiger partial charge in [0.2, 0.25) is 23.9 Å². The van der Waals surface area contributed by atoms with Crippen LogP contribution in [0.25, 0.3) is 11.0 Å². The van der Waals surface area contributed by atoms with Crippen molar-refractivity contribution in [1.29, 1.82) is 0 Å². The second kappa shape index (κ2) is 17.9. The van der Waals surface area contributed by atoms with Gasteiger partial charge in [-0.15, -0.1) is 0 Å². The number of rotatable bonds is 11. The number of anilines is 1. The van der Waals surface area contributed by atoms with Gasteiger partial charge in [0.25, 0.3) is 0 Å². The molecule has 298 valence electrons. The molecular weight excluding hydrogens is 701 g/mol. The van der Waals surface area contributed by atoms with E-state index < -0.39 is 55.0 Å². The zero-order valence-electron chi connectivity index (χ0n) is 32.3. The summed E-state index contributed by atoms with van der Waals surface area (Å²) in [7, 11) is 0. The Labute approximate surface area is 316 Å². The van der Waals surface area contributed by atoms with Gasteiger partial charge < -0.3 is 38.9 Å². The van der Waals surface area contributed by atoms with E-state index in [-0.39, 0.29) is 35.3 Å². The highest BCUT2D eigenvalue weighted by Crippen LogP contribution is 2.41. The summed E-state index contributed by atoms with van der Waals surface area (Å²) < 4.78 is 40.1. The predicted molar refractivity (Wildman–Crippen MR) is 197 cm³/mol. The lowest BCUT2D eigenvalue weighted by Gasteiger charge is -2.37. The Kier molecular flexibility index (Phi) is 13.5. The fraction of sp³-hybridized carbons (Fsp3) is 0.675. The van der Waals surface area contributed by atoms with Gasteiger partial charge >= 0.3 is 18.2 Å². The number of alkyl halides is 1. The number of carbonyl (C=O) groups excluding carboxylic acids is 5. The number of halogens is 1. The molecule has 2 unspecified atom stereocenters. The quantitative estimate of drug-likeness (QED) is 0.131. The molecule has 1 saturated heterocycles. The first-order chi connectivity index (χ1) is 25.6. The van der Waals surface area contributed by atoms with Crippen LogP contribution in [0.3, 0.4) is 0 Å². The van der Waals surface area contributed by atoms with Crippen molar-refractivity contribution in [3.63, 3.8) is 0 Å². The van der Waals surface area contributed by atoms with Crippen LogP contribution in [0.2, 0.25) is 0 Å². The van der Waals surface area contributed by atoms with E-state index in [1.54, 1.807) is 57.7 Å². The highest BCUT2D eigenvalue weighted by atomic mass is 19.1. The molecule has 2 N–H and O–H groups in total. The summed E-state index contributed by atoms with van der Waals surface area (Å²) in [6, 6.07) is 5.16. The highest BCUT2D eigenvalue weighted by Gasteiger charge is 2.47. The van der Waals surface area contributed by atoms with Crippen molar-refractivity contribution in [3.8, 4) is 0 Å². The molecule has 4 atom stereocenters. The third kappa shape index (κ3) is 10.7. The third-order valence-corrected chi connectivity index (χ3v) is 10.7. The van der Waals surface area contributed by atoms with Crippen molar-refractivity contribution in [2.45, 2.75) is 136 Å². The van der Waals surface area contributed by atoms with Gasteiger partial charge in [0, 0.05) is 30.5 Å². The van der Waals surface area contributed by atoms with Crippen LogP contribution in [0, 0.1) is 23.7 Å². The monoisotopic (exact) mass is 757 g/mol. The molecule has 3 fully saturated rings. The molecule has 0 bridgehead atoms. The Hall–Kier alpha value is -4.36. The first-order valence-corrected chi connectivity index (χ1v) is 19.4. The third-order valence-electron chi connectivity index (χ3n) is 10.7. The lowest BCUT2D eigenvalue weighted by atomic mass is 9.76. The lowest BCUT2D eigenvalue weighted by molar-refractivity contribution is -0.142. The maximum atomic E-state index is 14.2. The van der Waals surface area contributed by atoms with Crippen LogP contribution in [0.5, 0.6) is 0 Å². The fourth-order valence-electron chi connectivity index (χ4n) is 8.23. The van der Waals surface area contributed by atoms with Crippen molar-refractivity contribution in [2.75, 3.05) is 18.5 Å². The second-order valence-corrected chi connectivity index (χ2v) is 16.2. The Morgan fingerprint density at radius 3 is 2.26 bits per heavy atom. The van der Waals surface area contributed by atoms with Crippen LogP contribution in [-0.4, -0.2) is 78.2 Å². The van der Waals surface area contributed by atoms with Gasteiger partial charge in [-0.25, -0.2) is 18.8 Å². The number of nitrogens with zero attached hydrogens (tertiary/aromatic N) is 1. The van der Waals surface area contributed by atoms with Gasteiger partial charge in [0.15, 0.2) is 0 Å². The molecule has 13 nitrogen and oxygen atoms in total. The number of esters is 1. The molecule has 0 spiro atoms. The zero-order valence-corrected chi connectivity index (χ0v) is 32.3. The average Bonchev–Trinajstić information content (AvgIpc) is 3.75. The molecule has 3 amide bonds. The SMILES string of the molecule is CC(C)OC(=O)OC(C)OC(=O)c1cc2cc(NC(=O)[C@@H]3[C@H](C4CCCCC4)CCN3C(=O)[C@H]3CC[C@H](C(CF)NC(=O)OC(C)(C)C)CC3)ccc2o1. The summed E-state index contributed by atoms with van der Waals surface area (Å²) in [4.78, 5) is 67.0. The molecule has 1 aliphatic heterocycles. The number of benzene rings is 1. The standard InChI is InChI=1S/C40H56FN3O10/c1-23(2)50-39(49)52-24(3)51-37(47)33-21-28-20-29(16-17-32(28)53-33)42-35(45)34-30(25-10-8-7-9-11-25)18-19-44(34)36(46)27-14-12-26(13-15-27)31(22-41)43-38(48)54-40(4,5)6/h16-17,20-21,23-27,30-31,34H,7-15,18-19,22H2,1-6H3,(H,42,45)(H,43,48)/t24?,26-,27-,30-,31?,34-/m0/s1. The molecule has 5 rings (SSSR count). The topological polar surface area (TPSA) is 163 Å². The largest absolute Gasteiger partial charge is 0.511 e. The molecule has 14 heteroatoms. The number of fused-ring (bicyclic) bond motifs is 1. The van der Waals surface area contributed by atoms with Crippen LogP contribution in [0.4, 0.5) is 19.7 Å².